The van der Waals surface area contributed by atoms with Crippen molar-refractivity contribution >= 4 is 21.5 Å². The van der Waals surface area contributed by atoms with Crippen LogP contribution < -0.4 is 4.90 Å². The summed E-state index contributed by atoms with van der Waals surface area (Å²) >= 11 is 0. The fraction of sp³-hybridized carbons (Fsp3) is 0.250. The van der Waals surface area contributed by atoms with E-state index in [1.54, 1.807) is 22.2 Å². The van der Waals surface area contributed by atoms with Crippen LogP contribution in [0.2, 0.25) is 0 Å². The van der Waals surface area contributed by atoms with Gasteiger partial charge in [-0.05, 0) is 19.1 Å². The van der Waals surface area contributed by atoms with Crippen molar-refractivity contribution in [1.82, 2.24) is 33.6 Å². The molecule has 0 N–H and O–H groups in total. The van der Waals surface area contributed by atoms with Crippen molar-refractivity contribution in [2.24, 2.45) is 0 Å². The average Bonchev–Trinajstić information content (AvgIpc) is 3.62. The summed E-state index contributed by atoms with van der Waals surface area (Å²) in [5.74, 6) is 1.50. The third kappa shape index (κ3) is 4.03. The Bertz CT molecular complexity index is 1660. The molecule has 0 unspecified atom stereocenters. The van der Waals surface area contributed by atoms with Crippen LogP contribution in [0.5, 0.6) is 0 Å². The molecule has 4 aromatic heterocycles. The van der Waals surface area contributed by atoms with E-state index in [0.717, 1.165) is 27.4 Å². The van der Waals surface area contributed by atoms with Crippen molar-refractivity contribution in [2.75, 3.05) is 37.5 Å². The second-order valence-corrected chi connectivity index (χ2v) is 10.5. The Balaban J connectivity index is 1.48. The highest BCUT2D eigenvalue weighted by Gasteiger charge is 2.21. The van der Waals surface area contributed by atoms with Gasteiger partial charge in [-0.3, -0.25) is 0 Å². The number of morpholine rings is 1. The highest BCUT2D eigenvalue weighted by atomic mass is 32.2. The molecule has 6 rings (SSSR count). The Labute approximate surface area is 207 Å². The van der Waals surface area contributed by atoms with E-state index in [0.29, 0.717) is 54.9 Å². The van der Waals surface area contributed by atoms with Crippen molar-refractivity contribution in [3.8, 4) is 28.5 Å². The number of aromatic nitrogens is 7. The normalized spacial score (nSPS) is 14.6. The van der Waals surface area contributed by atoms with Gasteiger partial charge < -0.3 is 9.64 Å². The van der Waals surface area contributed by atoms with E-state index >= 15 is 0 Å². The molecule has 0 atom stereocenters. The molecule has 184 valence electrons. The monoisotopic (exact) mass is 504 g/mol. The molecular formula is C24H24N8O3S. The number of fused-ring (bicyclic) bond motifs is 1. The van der Waals surface area contributed by atoms with E-state index in [1.807, 2.05) is 54.7 Å². The summed E-state index contributed by atoms with van der Waals surface area (Å²) < 4.78 is 34.2. The van der Waals surface area contributed by atoms with Crippen LogP contribution in [-0.4, -0.2) is 74.5 Å². The van der Waals surface area contributed by atoms with Gasteiger partial charge in [-0.2, -0.15) is 23.9 Å². The Kier molecular flexibility index (Phi) is 5.34. The summed E-state index contributed by atoms with van der Waals surface area (Å²) in [6, 6.07) is 17.4. The highest BCUT2D eigenvalue weighted by Crippen LogP contribution is 2.26. The highest BCUT2D eigenvalue weighted by molar-refractivity contribution is 7.89. The van der Waals surface area contributed by atoms with Gasteiger partial charge in [0.05, 0.1) is 30.9 Å². The summed E-state index contributed by atoms with van der Waals surface area (Å²) in [7, 11) is -3.52. The number of nitrogens with zero attached hydrogens (tertiary/aromatic N) is 8. The van der Waals surface area contributed by atoms with Crippen molar-refractivity contribution in [3.63, 3.8) is 0 Å². The fourth-order valence-electron chi connectivity index (χ4n) is 4.34. The van der Waals surface area contributed by atoms with Crippen LogP contribution in [0.15, 0.2) is 60.8 Å². The molecule has 0 spiro atoms. The van der Waals surface area contributed by atoms with Gasteiger partial charge in [0.1, 0.15) is 17.2 Å². The van der Waals surface area contributed by atoms with Crippen molar-refractivity contribution in [2.45, 2.75) is 6.92 Å². The molecule has 1 aromatic carbocycles. The number of rotatable bonds is 5. The minimum absolute atomic E-state index is 0.461. The van der Waals surface area contributed by atoms with Crippen LogP contribution in [0.1, 0.15) is 5.69 Å². The first-order valence-electron chi connectivity index (χ1n) is 11.5. The molecule has 11 nitrogen and oxygen atoms in total. The van der Waals surface area contributed by atoms with E-state index in [2.05, 4.69) is 10.00 Å². The maximum Gasteiger partial charge on any atom is 0.251 e. The van der Waals surface area contributed by atoms with E-state index in [9.17, 15) is 8.42 Å². The molecule has 0 aliphatic carbocycles. The molecule has 1 aliphatic rings. The summed E-state index contributed by atoms with van der Waals surface area (Å²) in [4.78, 5) is 7.02. The third-order valence-electron chi connectivity index (χ3n) is 6.05. The quantitative estimate of drug-likeness (QED) is 0.359. The first-order chi connectivity index (χ1) is 17.4. The van der Waals surface area contributed by atoms with Crippen LogP contribution in [0.3, 0.4) is 0 Å². The predicted molar refractivity (Wildman–Crippen MR) is 135 cm³/mol. The first kappa shape index (κ1) is 22.4. The standard InChI is InChI=1S/C24H24N8O3S/c1-17-14-20(28-32(17)36(2,33)34)21-15-23-25-22(16-24(31(23)27-21)29-10-12-35-13-11-29)30-9-8-19(26-30)18-6-4-3-5-7-18/h3-9,14-16H,10-13H2,1-2H3. The second-order valence-electron chi connectivity index (χ2n) is 8.66. The Morgan fingerprint density at radius 2 is 1.64 bits per heavy atom. The number of hydrogen-bond acceptors (Lipinski definition) is 8. The van der Waals surface area contributed by atoms with E-state index < -0.39 is 10.0 Å². The minimum Gasteiger partial charge on any atom is -0.378 e. The predicted octanol–water partition coefficient (Wildman–Crippen LogP) is 2.40. The van der Waals surface area contributed by atoms with Crippen LogP contribution >= 0.6 is 0 Å². The topological polar surface area (TPSA) is 112 Å². The number of anilines is 1. The number of benzene rings is 1. The lowest BCUT2D eigenvalue weighted by Crippen LogP contribution is -2.37. The SMILES string of the molecule is Cc1cc(-c2cc3nc(-n4ccc(-c5ccccc5)n4)cc(N4CCOCC4)n3n2)nn1S(C)(=O)=O. The van der Waals surface area contributed by atoms with Gasteiger partial charge in [-0.25, -0.2) is 18.1 Å². The van der Waals surface area contributed by atoms with Crippen LogP contribution in [0.25, 0.3) is 34.1 Å². The van der Waals surface area contributed by atoms with Crippen molar-refractivity contribution in [3.05, 3.63) is 66.5 Å². The molecule has 0 radical (unpaired) electrons. The Morgan fingerprint density at radius 1 is 0.889 bits per heavy atom. The van der Waals surface area contributed by atoms with Crippen molar-refractivity contribution < 1.29 is 13.2 Å². The molecule has 0 saturated carbocycles. The van der Waals surface area contributed by atoms with Gasteiger partial charge >= 0.3 is 0 Å². The first-order valence-corrected chi connectivity index (χ1v) is 13.3. The maximum atomic E-state index is 12.1. The van der Waals surface area contributed by atoms with Gasteiger partial charge in [0.15, 0.2) is 11.5 Å². The Hall–Kier alpha value is -4.03. The van der Waals surface area contributed by atoms with E-state index in [1.165, 1.54) is 0 Å². The van der Waals surface area contributed by atoms with Crippen LogP contribution in [0.4, 0.5) is 5.82 Å². The zero-order valence-corrected chi connectivity index (χ0v) is 20.6. The van der Waals surface area contributed by atoms with Crippen LogP contribution in [-0.2, 0) is 14.8 Å². The molecule has 0 amide bonds. The lowest BCUT2D eigenvalue weighted by atomic mass is 10.2. The average molecular weight is 505 g/mol. The molecule has 5 heterocycles. The smallest absolute Gasteiger partial charge is 0.251 e. The fourth-order valence-corrected chi connectivity index (χ4v) is 5.15. The number of ether oxygens (including phenoxy) is 1. The molecule has 36 heavy (non-hydrogen) atoms. The molecule has 1 fully saturated rings. The lowest BCUT2D eigenvalue weighted by Gasteiger charge is -2.29. The largest absolute Gasteiger partial charge is 0.378 e. The molecule has 12 heteroatoms. The Morgan fingerprint density at radius 3 is 2.36 bits per heavy atom. The molecule has 0 bridgehead atoms. The van der Waals surface area contributed by atoms with Gasteiger partial charge in [-0.1, -0.05) is 30.3 Å². The zero-order chi connectivity index (χ0) is 24.9. The van der Waals surface area contributed by atoms with Gasteiger partial charge in [0.2, 0.25) is 0 Å². The summed E-state index contributed by atoms with van der Waals surface area (Å²) in [5.41, 5.74) is 3.98. The van der Waals surface area contributed by atoms with E-state index in [4.69, 9.17) is 19.9 Å². The number of aryl methyl sites for hydroxylation is 1. The van der Waals surface area contributed by atoms with Crippen LogP contribution in [0, 0.1) is 6.92 Å². The summed E-state index contributed by atoms with van der Waals surface area (Å²) in [6.45, 7) is 4.36. The van der Waals surface area contributed by atoms with Gasteiger partial charge in [0, 0.05) is 37.0 Å². The van der Waals surface area contributed by atoms with Gasteiger partial charge in [-0.15, -0.1) is 0 Å². The van der Waals surface area contributed by atoms with E-state index in [-0.39, 0.29) is 0 Å². The molecule has 1 aliphatic heterocycles. The summed E-state index contributed by atoms with van der Waals surface area (Å²) in [6.07, 6.45) is 3.01. The molecular weight excluding hydrogens is 480 g/mol. The lowest BCUT2D eigenvalue weighted by molar-refractivity contribution is 0.122. The minimum atomic E-state index is -3.52. The maximum absolute atomic E-state index is 12.1. The molecule has 5 aromatic rings. The second kappa shape index (κ2) is 8.57. The zero-order valence-electron chi connectivity index (χ0n) is 19.8. The summed E-state index contributed by atoms with van der Waals surface area (Å²) in [5, 5.41) is 13.8. The van der Waals surface area contributed by atoms with Gasteiger partial charge in [0.25, 0.3) is 10.0 Å². The number of hydrogen-bond donors (Lipinski definition) is 0. The van der Waals surface area contributed by atoms with Crippen molar-refractivity contribution in [1.29, 1.82) is 0 Å². The third-order valence-corrected chi connectivity index (χ3v) is 7.04. The molecule has 1 saturated heterocycles.